The molecule has 2 atom stereocenters. The molecule has 0 aliphatic heterocycles. The molecule has 3 aromatic rings. The maximum atomic E-state index is 12.4. The van der Waals surface area contributed by atoms with Crippen molar-refractivity contribution in [3.05, 3.63) is 41.9 Å². The molecule has 1 saturated carbocycles. The van der Waals surface area contributed by atoms with Crippen LogP contribution in [-0.2, 0) is 23.0 Å². The van der Waals surface area contributed by atoms with Gasteiger partial charge in [-0.25, -0.2) is 15.0 Å². The van der Waals surface area contributed by atoms with Gasteiger partial charge in [0.25, 0.3) is 0 Å². The predicted molar refractivity (Wildman–Crippen MR) is 137 cm³/mol. The van der Waals surface area contributed by atoms with Gasteiger partial charge in [-0.2, -0.15) is 10.1 Å². The molecule has 1 aliphatic rings. The predicted octanol–water partition coefficient (Wildman–Crippen LogP) is 4.24. The number of rotatable bonds is 9. The number of nitrogens with zero attached hydrogens (tertiary/aromatic N) is 6. The van der Waals surface area contributed by atoms with Crippen LogP contribution in [-0.4, -0.2) is 54.0 Å². The molecule has 37 heavy (non-hydrogen) atoms. The van der Waals surface area contributed by atoms with Gasteiger partial charge in [0.15, 0.2) is 11.6 Å². The van der Waals surface area contributed by atoms with Gasteiger partial charge in [0.1, 0.15) is 5.82 Å². The zero-order chi connectivity index (χ0) is 26.5. The summed E-state index contributed by atoms with van der Waals surface area (Å²) in [6.07, 6.45) is 8.74. The van der Waals surface area contributed by atoms with E-state index in [4.69, 9.17) is 19.2 Å². The van der Waals surface area contributed by atoms with E-state index in [0.717, 1.165) is 36.2 Å². The molecule has 1 aliphatic carbocycles. The second-order valence-corrected chi connectivity index (χ2v) is 10.0. The maximum absolute atomic E-state index is 12.4. The second-order valence-electron chi connectivity index (χ2n) is 10.0. The molecule has 0 N–H and O–H groups in total. The summed E-state index contributed by atoms with van der Waals surface area (Å²) in [5.41, 5.74) is 2.44. The first-order valence-corrected chi connectivity index (χ1v) is 12.9. The van der Waals surface area contributed by atoms with E-state index in [2.05, 4.69) is 20.1 Å². The highest BCUT2D eigenvalue weighted by molar-refractivity contribution is 5.72. The van der Waals surface area contributed by atoms with Crippen LogP contribution < -0.4 is 9.47 Å². The zero-order valence-corrected chi connectivity index (χ0v) is 22.5. The van der Waals surface area contributed by atoms with Crippen molar-refractivity contribution in [1.82, 2.24) is 29.7 Å². The Kier molecular flexibility index (Phi) is 8.35. The summed E-state index contributed by atoms with van der Waals surface area (Å²) in [7, 11) is 1.88. The highest BCUT2D eigenvalue weighted by atomic mass is 16.5. The van der Waals surface area contributed by atoms with Crippen molar-refractivity contribution in [2.24, 2.45) is 13.0 Å². The van der Waals surface area contributed by atoms with Crippen molar-refractivity contribution in [3.63, 3.8) is 0 Å². The molecule has 198 valence electrons. The van der Waals surface area contributed by atoms with Crippen LogP contribution in [0.5, 0.6) is 11.6 Å². The van der Waals surface area contributed by atoms with Gasteiger partial charge < -0.3 is 14.2 Å². The molecule has 3 aromatic heterocycles. The summed E-state index contributed by atoms with van der Waals surface area (Å²) in [5.74, 6) is 2.08. The summed E-state index contributed by atoms with van der Waals surface area (Å²) >= 11 is 0. The molecule has 0 radical (unpaired) electrons. The van der Waals surface area contributed by atoms with Crippen LogP contribution in [0, 0.1) is 12.8 Å². The van der Waals surface area contributed by atoms with Gasteiger partial charge in [0.05, 0.1) is 60.0 Å². The van der Waals surface area contributed by atoms with E-state index in [1.165, 1.54) is 0 Å². The second kappa shape index (κ2) is 11.7. The molecular formula is C27H36N6O4. The molecular weight excluding hydrogens is 472 g/mol. The van der Waals surface area contributed by atoms with Gasteiger partial charge in [-0.1, -0.05) is 0 Å². The van der Waals surface area contributed by atoms with Crippen LogP contribution in [0.25, 0.3) is 11.4 Å². The maximum Gasteiger partial charge on any atom is 0.309 e. The van der Waals surface area contributed by atoms with Crippen LogP contribution >= 0.6 is 0 Å². The SMILES string of the molecule is Cc1nc(-c2cnn(C)c2Cc2nccc(OC(C)C)n2)ncc1O[C@H]1CCCC(C(=O)OC(C)C)C1. The largest absolute Gasteiger partial charge is 0.487 e. The van der Waals surface area contributed by atoms with Crippen molar-refractivity contribution in [1.29, 1.82) is 0 Å². The van der Waals surface area contributed by atoms with E-state index >= 15 is 0 Å². The van der Waals surface area contributed by atoms with Gasteiger partial charge in [-0.15, -0.1) is 0 Å². The quantitative estimate of drug-likeness (QED) is 0.391. The third kappa shape index (κ3) is 6.81. The Labute approximate surface area is 217 Å². The summed E-state index contributed by atoms with van der Waals surface area (Å²) in [6, 6.07) is 1.75. The van der Waals surface area contributed by atoms with E-state index in [0.29, 0.717) is 36.1 Å². The Morgan fingerprint density at radius 3 is 2.65 bits per heavy atom. The van der Waals surface area contributed by atoms with Gasteiger partial charge in [0.2, 0.25) is 5.88 Å². The minimum Gasteiger partial charge on any atom is -0.487 e. The minimum atomic E-state index is -0.138. The van der Waals surface area contributed by atoms with Crippen LogP contribution in [0.15, 0.2) is 24.7 Å². The summed E-state index contributed by atoms with van der Waals surface area (Å²) in [4.78, 5) is 30.6. The Hall–Kier alpha value is -3.56. The number of carbonyl (C=O) groups excluding carboxylic acids is 1. The average Bonchev–Trinajstić information content (AvgIpc) is 3.20. The van der Waals surface area contributed by atoms with Gasteiger partial charge >= 0.3 is 5.97 Å². The van der Waals surface area contributed by atoms with Gasteiger partial charge in [-0.3, -0.25) is 9.48 Å². The van der Waals surface area contributed by atoms with Crippen LogP contribution in [0.2, 0.25) is 0 Å². The lowest BCUT2D eigenvalue weighted by Crippen LogP contribution is -2.32. The Bertz CT molecular complexity index is 1230. The lowest BCUT2D eigenvalue weighted by atomic mass is 9.87. The summed E-state index contributed by atoms with van der Waals surface area (Å²) in [5, 5.41) is 4.43. The van der Waals surface area contributed by atoms with Crippen molar-refractivity contribution in [2.75, 3.05) is 0 Å². The van der Waals surface area contributed by atoms with Crippen molar-refractivity contribution < 1.29 is 19.0 Å². The molecule has 0 amide bonds. The van der Waals surface area contributed by atoms with E-state index in [1.807, 2.05) is 41.7 Å². The highest BCUT2D eigenvalue weighted by Crippen LogP contribution is 2.31. The Balaban J connectivity index is 1.48. The summed E-state index contributed by atoms with van der Waals surface area (Å²) in [6.45, 7) is 9.56. The molecule has 3 heterocycles. The fourth-order valence-corrected chi connectivity index (χ4v) is 4.46. The lowest BCUT2D eigenvalue weighted by Gasteiger charge is -2.29. The molecule has 10 nitrogen and oxygen atoms in total. The number of ether oxygens (including phenoxy) is 3. The van der Waals surface area contributed by atoms with E-state index in [-0.39, 0.29) is 30.2 Å². The van der Waals surface area contributed by atoms with E-state index < -0.39 is 0 Å². The third-order valence-corrected chi connectivity index (χ3v) is 6.20. The van der Waals surface area contributed by atoms with E-state index in [1.54, 1.807) is 29.3 Å². The third-order valence-electron chi connectivity index (χ3n) is 6.20. The fraction of sp³-hybridized carbons (Fsp3) is 0.556. The zero-order valence-electron chi connectivity index (χ0n) is 22.5. The first-order valence-electron chi connectivity index (χ1n) is 12.9. The molecule has 0 aromatic carbocycles. The van der Waals surface area contributed by atoms with Gasteiger partial charge in [0, 0.05) is 19.3 Å². The monoisotopic (exact) mass is 508 g/mol. The highest BCUT2D eigenvalue weighted by Gasteiger charge is 2.30. The number of hydrogen-bond donors (Lipinski definition) is 0. The number of carbonyl (C=O) groups is 1. The van der Waals surface area contributed by atoms with Gasteiger partial charge in [-0.05, 0) is 60.3 Å². The topological polar surface area (TPSA) is 114 Å². The van der Waals surface area contributed by atoms with Crippen LogP contribution in [0.4, 0.5) is 0 Å². The van der Waals surface area contributed by atoms with Crippen molar-refractivity contribution in [2.45, 2.75) is 85.0 Å². The molecule has 0 bridgehead atoms. The average molecular weight is 509 g/mol. The number of hydrogen-bond acceptors (Lipinski definition) is 9. The molecule has 0 saturated heterocycles. The first-order chi connectivity index (χ1) is 17.7. The Morgan fingerprint density at radius 2 is 1.92 bits per heavy atom. The standard InChI is InChI=1S/C27H36N6O4/c1-16(2)35-25-10-11-28-24(32-25)13-22-21(14-30-33(22)6)26-29-15-23(18(5)31-26)37-20-9-7-8-19(12-20)27(34)36-17(3)4/h10-11,14-17,19-20H,7-9,12-13H2,1-6H3/t19?,20-/m0/s1. The number of esters is 1. The molecule has 4 rings (SSSR count). The molecule has 0 spiro atoms. The number of aryl methyl sites for hydroxylation is 2. The fourth-order valence-electron chi connectivity index (χ4n) is 4.46. The number of aromatic nitrogens is 6. The first kappa shape index (κ1) is 26.5. The molecule has 10 heteroatoms. The van der Waals surface area contributed by atoms with Crippen molar-refractivity contribution >= 4 is 5.97 Å². The van der Waals surface area contributed by atoms with Crippen LogP contribution in [0.1, 0.15) is 70.6 Å². The minimum absolute atomic E-state index is 0.0282. The van der Waals surface area contributed by atoms with E-state index in [9.17, 15) is 4.79 Å². The molecule has 1 unspecified atom stereocenters. The Morgan fingerprint density at radius 1 is 1.11 bits per heavy atom. The van der Waals surface area contributed by atoms with Crippen LogP contribution in [0.3, 0.4) is 0 Å². The van der Waals surface area contributed by atoms with Crippen molar-refractivity contribution in [3.8, 4) is 23.0 Å². The molecule has 1 fully saturated rings. The summed E-state index contributed by atoms with van der Waals surface area (Å²) < 4.78 is 19.2. The lowest BCUT2D eigenvalue weighted by molar-refractivity contribution is -0.154. The smallest absolute Gasteiger partial charge is 0.309 e. The normalized spacial score (nSPS) is 17.7.